The number of carbonyl (C=O) groups excluding carboxylic acids is 2. The molecule has 38 heavy (non-hydrogen) atoms. The van der Waals surface area contributed by atoms with Gasteiger partial charge in [-0.1, -0.05) is 17.7 Å². The molecule has 1 amide bonds. The van der Waals surface area contributed by atoms with Crippen LogP contribution in [0.5, 0.6) is 5.75 Å². The standard InChI is InChI=1S/C25H23ClN4O7S/c26-19-11-17(37-24(36)15-1-5-16(6-2-15)29-25(27)28)7-3-14(19)4-10-21(31)30(13-22(32)33)12-18-8-9-20(38-18)23(34)35/h1-3,5-9,11H,4,10,12-13H2,(H,32,33)(H,34,35)(H4,27,28,29). The minimum atomic E-state index is -1.19. The number of nitrogens with two attached hydrogens (primary N) is 1. The number of carbonyl (C=O) groups is 4. The number of anilines is 1. The lowest BCUT2D eigenvalue weighted by atomic mass is 10.1. The number of rotatable bonds is 11. The summed E-state index contributed by atoms with van der Waals surface area (Å²) in [5.41, 5.74) is 6.67. The van der Waals surface area contributed by atoms with Crippen LogP contribution in [0.15, 0.2) is 54.6 Å². The van der Waals surface area contributed by atoms with Gasteiger partial charge in [0.1, 0.15) is 17.2 Å². The number of aliphatic carboxylic acids is 1. The van der Waals surface area contributed by atoms with E-state index in [2.05, 4.69) is 5.32 Å². The van der Waals surface area contributed by atoms with Crippen LogP contribution in [0.3, 0.4) is 0 Å². The van der Waals surface area contributed by atoms with Crippen molar-refractivity contribution in [1.29, 1.82) is 5.41 Å². The highest BCUT2D eigenvalue weighted by molar-refractivity contribution is 7.13. The van der Waals surface area contributed by atoms with Crippen LogP contribution in [0, 0.1) is 5.41 Å². The van der Waals surface area contributed by atoms with Crippen molar-refractivity contribution in [2.75, 3.05) is 11.9 Å². The maximum Gasteiger partial charge on any atom is 0.345 e. The zero-order chi connectivity index (χ0) is 27.8. The van der Waals surface area contributed by atoms with Gasteiger partial charge in [0, 0.05) is 22.0 Å². The molecule has 0 saturated heterocycles. The molecule has 6 N–H and O–H groups in total. The van der Waals surface area contributed by atoms with Crippen molar-refractivity contribution in [3.05, 3.63) is 80.5 Å². The second-order valence-corrected chi connectivity index (χ2v) is 9.55. The Morgan fingerprint density at radius 1 is 1.05 bits per heavy atom. The molecule has 11 nitrogen and oxygen atoms in total. The van der Waals surface area contributed by atoms with Gasteiger partial charge in [0.2, 0.25) is 5.91 Å². The summed E-state index contributed by atoms with van der Waals surface area (Å²) >= 11 is 7.31. The van der Waals surface area contributed by atoms with E-state index in [9.17, 15) is 24.3 Å². The average Bonchev–Trinajstić information content (AvgIpc) is 3.32. The molecule has 0 fully saturated rings. The van der Waals surface area contributed by atoms with Crippen LogP contribution in [0.1, 0.15) is 36.9 Å². The van der Waals surface area contributed by atoms with Crippen molar-refractivity contribution >= 4 is 58.4 Å². The van der Waals surface area contributed by atoms with Crippen molar-refractivity contribution in [1.82, 2.24) is 4.90 Å². The number of carboxylic acids is 2. The number of esters is 1. The summed E-state index contributed by atoms with van der Waals surface area (Å²) in [5, 5.41) is 28.4. The molecule has 0 atom stereocenters. The number of amides is 1. The van der Waals surface area contributed by atoms with Crippen molar-refractivity contribution in [3.8, 4) is 5.75 Å². The zero-order valence-electron chi connectivity index (χ0n) is 19.8. The molecule has 0 spiro atoms. The highest BCUT2D eigenvalue weighted by Gasteiger charge is 2.20. The van der Waals surface area contributed by atoms with Crippen LogP contribution >= 0.6 is 22.9 Å². The maximum absolute atomic E-state index is 12.8. The average molecular weight is 559 g/mol. The first kappa shape index (κ1) is 28.2. The van der Waals surface area contributed by atoms with E-state index in [1.165, 1.54) is 30.3 Å². The second kappa shape index (κ2) is 12.7. The Morgan fingerprint density at radius 3 is 2.34 bits per heavy atom. The Morgan fingerprint density at radius 2 is 1.76 bits per heavy atom. The Balaban J connectivity index is 1.60. The molecule has 3 rings (SSSR count). The van der Waals surface area contributed by atoms with Crippen LogP contribution in [0.25, 0.3) is 0 Å². The van der Waals surface area contributed by atoms with Crippen molar-refractivity contribution < 1.29 is 34.1 Å². The summed E-state index contributed by atoms with van der Waals surface area (Å²) in [4.78, 5) is 49.3. The second-order valence-electron chi connectivity index (χ2n) is 7.97. The van der Waals surface area contributed by atoms with Gasteiger partial charge in [-0.3, -0.25) is 15.0 Å². The molecule has 0 aliphatic heterocycles. The van der Waals surface area contributed by atoms with Gasteiger partial charge in [0.25, 0.3) is 0 Å². The molecule has 0 radical (unpaired) electrons. The van der Waals surface area contributed by atoms with Gasteiger partial charge in [-0.2, -0.15) is 0 Å². The quantitative estimate of drug-likeness (QED) is 0.101. The van der Waals surface area contributed by atoms with Crippen LogP contribution in [0.4, 0.5) is 5.69 Å². The highest BCUT2D eigenvalue weighted by atomic mass is 35.5. The van der Waals surface area contributed by atoms with E-state index in [1.807, 2.05) is 0 Å². The molecule has 0 aliphatic carbocycles. The number of thiophene rings is 1. The predicted octanol–water partition coefficient (Wildman–Crippen LogP) is 3.67. The van der Waals surface area contributed by atoms with Crippen LogP contribution in [-0.2, 0) is 22.6 Å². The van der Waals surface area contributed by atoms with Crippen molar-refractivity contribution in [2.24, 2.45) is 5.73 Å². The zero-order valence-corrected chi connectivity index (χ0v) is 21.3. The normalized spacial score (nSPS) is 10.4. The van der Waals surface area contributed by atoms with E-state index in [-0.39, 0.29) is 46.6 Å². The highest BCUT2D eigenvalue weighted by Crippen LogP contribution is 2.25. The van der Waals surface area contributed by atoms with Crippen molar-refractivity contribution in [3.63, 3.8) is 0 Å². The minimum absolute atomic E-state index is 0.0303. The van der Waals surface area contributed by atoms with E-state index in [0.717, 1.165) is 16.2 Å². The van der Waals surface area contributed by atoms with E-state index in [1.54, 1.807) is 24.3 Å². The van der Waals surface area contributed by atoms with E-state index < -0.39 is 30.4 Å². The fourth-order valence-corrected chi connectivity index (χ4v) is 4.49. The Labute approximate surface area is 225 Å². The van der Waals surface area contributed by atoms with E-state index in [0.29, 0.717) is 16.1 Å². The maximum atomic E-state index is 12.8. The molecule has 3 aromatic rings. The lowest BCUT2D eigenvalue weighted by Crippen LogP contribution is -2.35. The third kappa shape index (κ3) is 8.05. The van der Waals surface area contributed by atoms with Crippen LogP contribution < -0.4 is 15.8 Å². The van der Waals surface area contributed by atoms with Crippen LogP contribution in [0.2, 0.25) is 5.02 Å². The fourth-order valence-electron chi connectivity index (χ4n) is 3.37. The topological polar surface area (TPSA) is 183 Å². The summed E-state index contributed by atoms with van der Waals surface area (Å²) < 4.78 is 5.36. The Kier molecular flexibility index (Phi) is 9.41. The first-order chi connectivity index (χ1) is 18.0. The largest absolute Gasteiger partial charge is 0.480 e. The molecule has 0 saturated carbocycles. The number of guanidine groups is 1. The summed E-state index contributed by atoms with van der Waals surface area (Å²) in [5.74, 6) is -3.39. The third-order valence-corrected chi connectivity index (χ3v) is 6.55. The molecule has 198 valence electrons. The molecule has 2 aromatic carbocycles. The predicted molar refractivity (Wildman–Crippen MR) is 141 cm³/mol. The Hall–Kier alpha value is -4.42. The number of aryl methyl sites for hydroxylation is 1. The number of ether oxygens (including phenoxy) is 1. The smallest absolute Gasteiger partial charge is 0.345 e. The summed E-state index contributed by atoms with van der Waals surface area (Å²) in [6, 6.07) is 13.7. The van der Waals surface area contributed by atoms with E-state index >= 15 is 0 Å². The number of hydrogen-bond donors (Lipinski definition) is 5. The minimum Gasteiger partial charge on any atom is -0.480 e. The first-order valence-corrected chi connectivity index (χ1v) is 12.2. The monoisotopic (exact) mass is 558 g/mol. The summed E-state index contributed by atoms with van der Waals surface area (Å²) in [6.45, 7) is -0.564. The SMILES string of the molecule is N=C(N)Nc1ccc(C(=O)Oc2ccc(CCC(=O)N(CC(=O)O)Cc3ccc(C(=O)O)s3)c(Cl)c2)cc1. The van der Waals surface area contributed by atoms with Gasteiger partial charge in [-0.15, -0.1) is 11.3 Å². The molecule has 0 unspecified atom stereocenters. The molecule has 0 bridgehead atoms. The number of nitrogens with one attached hydrogen (secondary N) is 2. The Bertz CT molecular complexity index is 1370. The fraction of sp³-hybridized carbons (Fsp3) is 0.160. The molecular formula is C25H23ClN4O7S. The van der Waals surface area contributed by atoms with Gasteiger partial charge in [-0.25, -0.2) is 9.59 Å². The van der Waals surface area contributed by atoms with Crippen LogP contribution in [-0.4, -0.2) is 51.4 Å². The molecule has 13 heteroatoms. The first-order valence-electron chi connectivity index (χ1n) is 11.0. The lowest BCUT2D eigenvalue weighted by Gasteiger charge is -2.20. The lowest BCUT2D eigenvalue weighted by molar-refractivity contribution is -0.144. The molecular weight excluding hydrogens is 536 g/mol. The van der Waals surface area contributed by atoms with E-state index in [4.69, 9.17) is 32.6 Å². The number of aromatic carboxylic acids is 1. The number of hydrogen-bond acceptors (Lipinski definition) is 7. The number of benzene rings is 2. The molecule has 1 aromatic heterocycles. The number of halogens is 1. The van der Waals surface area contributed by atoms with Gasteiger partial charge >= 0.3 is 17.9 Å². The summed E-state index contributed by atoms with van der Waals surface area (Å²) in [7, 11) is 0. The molecule has 1 heterocycles. The summed E-state index contributed by atoms with van der Waals surface area (Å²) in [6.07, 6.45) is 0.168. The van der Waals surface area contributed by atoms with Gasteiger partial charge in [-0.05, 0) is 60.5 Å². The van der Waals surface area contributed by atoms with Gasteiger partial charge in [0.15, 0.2) is 5.96 Å². The van der Waals surface area contributed by atoms with Gasteiger partial charge in [0.05, 0.1) is 12.1 Å². The molecule has 0 aliphatic rings. The van der Waals surface area contributed by atoms with Gasteiger partial charge < -0.3 is 30.9 Å². The number of carboxylic acid groups (broad SMARTS) is 2. The number of nitrogens with zero attached hydrogens (tertiary/aromatic N) is 1. The van der Waals surface area contributed by atoms with Crippen molar-refractivity contribution in [2.45, 2.75) is 19.4 Å². The third-order valence-electron chi connectivity index (χ3n) is 5.14.